The summed E-state index contributed by atoms with van der Waals surface area (Å²) in [5, 5.41) is 13.5. The maximum absolute atomic E-state index is 10.5. The van der Waals surface area contributed by atoms with Gasteiger partial charge in [-0.25, -0.2) is 4.98 Å². The number of rotatable bonds is 2. The van der Waals surface area contributed by atoms with E-state index >= 15 is 0 Å². The van der Waals surface area contributed by atoms with Crippen molar-refractivity contribution in [3.63, 3.8) is 0 Å². The molecule has 0 bridgehead atoms. The fourth-order valence-electron chi connectivity index (χ4n) is 0.852. The number of halogens is 1. The van der Waals surface area contributed by atoms with Crippen molar-refractivity contribution in [3.05, 3.63) is 33.1 Å². The molecule has 0 fully saturated rings. The Morgan fingerprint density at radius 2 is 2.47 bits per heavy atom. The Morgan fingerprint density at radius 3 is 3.07 bits per heavy atom. The van der Waals surface area contributed by atoms with Gasteiger partial charge < -0.3 is 5.32 Å². The van der Waals surface area contributed by atoms with Crippen molar-refractivity contribution in [3.8, 4) is 11.8 Å². The second kappa shape index (κ2) is 5.29. The average molecular weight is 226 g/mol. The predicted octanol–water partition coefficient (Wildman–Crippen LogP) is 1.21. The molecular formula is C9H8ClN3O2. The summed E-state index contributed by atoms with van der Waals surface area (Å²) in [7, 11) is 1.75. The largest absolute Gasteiger partial charge is 0.309 e. The van der Waals surface area contributed by atoms with Gasteiger partial charge in [-0.05, 0) is 7.05 Å². The molecule has 1 aromatic rings. The summed E-state index contributed by atoms with van der Waals surface area (Å²) in [4.78, 5) is 13.6. The smallest absolute Gasteiger partial charge is 0.288 e. The molecule has 0 amide bonds. The molecule has 0 spiro atoms. The maximum Gasteiger partial charge on any atom is 0.288 e. The summed E-state index contributed by atoms with van der Waals surface area (Å²) in [5.41, 5.74) is 0.245. The lowest BCUT2D eigenvalue weighted by Gasteiger charge is -1.94. The summed E-state index contributed by atoms with van der Waals surface area (Å²) in [6.45, 7) is 0.485. The van der Waals surface area contributed by atoms with Crippen molar-refractivity contribution in [1.82, 2.24) is 10.3 Å². The van der Waals surface area contributed by atoms with E-state index in [0.717, 1.165) is 6.20 Å². The van der Waals surface area contributed by atoms with E-state index in [0.29, 0.717) is 12.1 Å². The second-order valence-corrected chi connectivity index (χ2v) is 2.98. The van der Waals surface area contributed by atoms with Crippen LogP contribution in [0.5, 0.6) is 0 Å². The third kappa shape index (κ3) is 3.20. The fourth-order valence-corrected chi connectivity index (χ4v) is 1.00. The monoisotopic (exact) mass is 225 g/mol. The Labute approximate surface area is 91.6 Å². The molecule has 0 atom stereocenters. The van der Waals surface area contributed by atoms with Gasteiger partial charge in [-0.1, -0.05) is 23.4 Å². The van der Waals surface area contributed by atoms with Gasteiger partial charge >= 0.3 is 0 Å². The summed E-state index contributed by atoms with van der Waals surface area (Å²) in [6.07, 6.45) is 1.10. The van der Waals surface area contributed by atoms with Gasteiger partial charge in [0.05, 0.1) is 17.0 Å². The van der Waals surface area contributed by atoms with Crippen molar-refractivity contribution in [2.75, 3.05) is 13.6 Å². The molecule has 0 aliphatic heterocycles. The Morgan fingerprint density at radius 1 is 1.73 bits per heavy atom. The third-order valence-corrected chi connectivity index (χ3v) is 1.82. The molecule has 1 heterocycles. The van der Waals surface area contributed by atoms with Crippen molar-refractivity contribution < 1.29 is 4.92 Å². The van der Waals surface area contributed by atoms with Crippen LogP contribution in [0.15, 0.2) is 12.3 Å². The summed E-state index contributed by atoms with van der Waals surface area (Å²) in [5.74, 6) is 5.45. The highest BCUT2D eigenvalue weighted by Crippen LogP contribution is 2.17. The SMILES string of the molecule is CNCC#Cc1cc([N+](=O)[O-])cnc1Cl. The predicted molar refractivity (Wildman–Crippen MR) is 56.7 cm³/mol. The van der Waals surface area contributed by atoms with Crippen molar-refractivity contribution in [2.45, 2.75) is 0 Å². The van der Waals surface area contributed by atoms with E-state index in [4.69, 9.17) is 11.6 Å². The van der Waals surface area contributed by atoms with Gasteiger partial charge in [-0.3, -0.25) is 10.1 Å². The van der Waals surface area contributed by atoms with Crippen molar-refractivity contribution in [1.29, 1.82) is 0 Å². The highest BCUT2D eigenvalue weighted by Gasteiger charge is 2.09. The second-order valence-electron chi connectivity index (χ2n) is 2.62. The number of hydrogen-bond donors (Lipinski definition) is 1. The molecule has 0 saturated carbocycles. The molecule has 0 aliphatic carbocycles. The van der Waals surface area contributed by atoms with Crippen LogP contribution in [0.3, 0.4) is 0 Å². The van der Waals surface area contributed by atoms with Gasteiger partial charge in [0.1, 0.15) is 11.3 Å². The number of nitro groups is 1. The van der Waals surface area contributed by atoms with Gasteiger partial charge in [0, 0.05) is 6.07 Å². The van der Waals surface area contributed by atoms with Crippen LogP contribution in [0, 0.1) is 22.0 Å². The minimum Gasteiger partial charge on any atom is -0.309 e. The van der Waals surface area contributed by atoms with Crippen LogP contribution in [0.1, 0.15) is 5.56 Å². The average Bonchev–Trinajstić information content (AvgIpc) is 2.20. The molecule has 1 aromatic heterocycles. The number of aromatic nitrogens is 1. The van der Waals surface area contributed by atoms with Crippen LogP contribution in [0.4, 0.5) is 5.69 Å². The molecule has 0 aromatic carbocycles. The van der Waals surface area contributed by atoms with Crippen LogP contribution < -0.4 is 5.32 Å². The highest BCUT2D eigenvalue weighted by molar-refractivity contribution is 6.30. The van der Waals surface area contributed by atoms with Gasteiger partial charge in [-0.2, -0.15) is 0 Å². The normalized spacial score (nSPS) is 9.20. The van der Waals surface area contributed by atoms with E-state index in [1.807, 2.05) is 0 Å². The number of pyridine rings is 1. The van der Waals surface area contributed by atoms with Crippen LogP contribution >= 0.6 is 11.6 Å². The first-order valence-corrected chi connectivity index (χ1v) is 4.46. The minimum atomic E-state index is -0.535. The van der Waals surface area contributed by atoms with Gasteiger partial charge in [0.15, 0.2) is 0 Å². The lowest BCUT2D eigenvalue weighted by molar-refractivity contribution is -0.385. The molecule has 1 N–H and O–H groups in total. The number of nitrogens with one attached hydrogen (secondary N) is 1. The van der Waals surface area contributed by atoms with E-state index in [-0.39, 0.29) is 10.8 Å². The number of hydrogen-bond acceptors (Lipinski definition) is 4. The molecule has 5 nitrogen and oxygen atoms in total. The Hall–Kier alpha value is -1.64. The summed E-state index contributed by atoms with van der Waals surface area (Å²) in [6, 6.07) is 1.30. The minimum absolute atomic E-state index is 0.117. The van der Waals surface area contributed by atoms with Gasteiger partial charge in [0.25, 0.3) is 5.69 Å². The Bertz CT molecular complexity index is 437. The first kappa shape index (κ1) is 11.4. The molecule has 0 radical (unpaired) electrons. The molecule has 0 aliphatic rings. The zero-order valence-electron chi connectivity index (χ0n) is 7.95. The first-order chi connectivity index (χ1) is 7.15. The molecule has 0 saturated heterocycles. The van der Waals surface area contributed by atoms with Gasteiger partial charge in [-0.15, -0.1) is 0 Å². The quantitative estimate of drug-likeness (QED) is 0.356. The van der Waals surface area contributed by atoms with E-state index in [2.05, 4.69) is 22.1 Å². The Balaban J connectivity index is 3.02. The zero-order valence-corrected chi connectivity index (χ0v) is 8.71. The lowest BCUT2D eigenvalue weighted by atomic mass is 10.2. The van der Waals surface area contributed by atoms with Crippen molar-refractivity contribution in [2.24, 2.45) is 0 Å². The van der Waals surface area contributed by atoms with E-state index < -0.39 is 4.92 Å². The Kier molecular flexibility index (Phi) is 4.03. The molecule has 6 heteroatoms. The molecule has 0 unspecified atom stereocenters. The van der Waals surface area contributed by atoms with Crippen LogP contribution in [-0.4, -0.2) is 23.5 Å². The molecule has 1 rings (SSSR count). The summed E-state index contributed by atoms with van der Waals surface area (Å²) >= 11 is 5.72. The first-order valence-electron chi connectivity index (χ1n) is 4.08. The van der Waals surface area contributed by atoms with Crippen molar-refractivity contribution >= 4 is 17.3 Å². The molecular weight excluding hydrogens is 218 g/mol. The van der Waals surface area contributed by atoms with Gasteiger partial charge in [0.2, 0.25) is 0 Å². The molecule has 15 heavy (non-hydrogen) atoms. The highest BCUT2D eigenvalue weighted by atomic mass is 35.5. The number of nitrogens with zero attached hydrogens (tertiary/aromatic N) is 2. The molecule has 78 valence electrons. The van der Waals surface area contributed by atoms with Crippen LogP contribution in [0.25, 0.3) is 0 Å². The van der Waals surface area contributed by atoms with E-state index in [1.165, 1.54) is 6.07 Å². The third-order valence-electron chi connectivity index (χ3n) is 1.52. The summed E-state index contributed by atoms with van der Waals surface area (Å²) < 4.78 is 0. The topological polar surface area (TPSA) is 68.1 Å². The van der Waals surface area contributed by atoms with Crippen LogP contribution in [-0.2, 0) is 0 Å². The fraction of sp³-hybridized carbons (Fsp3) is 0.222. The van der Waals surface area contributed by atoms with E-state index in [1.54, 1.807) is 7.05 Å². The maximum atomic E-state index is 10.5. The van der Waals surface area contributed by atoms with Crippen LogP contribution in [0.2, 0.25) is 5.15 Å². The zero-order chi connectivity index (χ0) is 11.3. The lowest BCUT2D eigenvalue weighted by Crippen LogP contribution is -2.04. The standard InChI is InChI=1S/C9H8ClN3O2/c1-11-4-2-3-7-5-8(13(14)15)6-12-9(7)10/h5-6,11H,4H2,1H3. The van der Waals surface area contributed by atoms with E-state index in [9.17, 15) is 10.1 Å².